The molecule has 0 unspecified atom stereocenters. The number of hydrogen-bond donors (Lipinski definition) is 0. The van der Waals surface area contributed by atoms with E-state index in [9.17, 15) is 26.3 Å². The summed E-state index contributed by atoms with van der Waals surface area (Å²) in [6.45, 7) is 0. The van der Waals surface area contributed by atoms with Gasteiger partial charge in [-0.15, -0.1) is 0 Å². The second-order valence-electron chi connectivity index (χ2n) is 15.6. The normalized spacial score (nSPS) is 11.0. The van der Waals surface area contributed by atoms with Crippen molar-refractivity contribution in [2.75, 3.05) is 0 Å². The molecule has 10 aromatic rings. The minimum atomic E-state index is -0.706. The van der Waals surface area contributed by atoms with Gasteiger partial charge >= 0.3 is 0 Å². The van der Waals surface area contributed by atoms with E-state index in [1.165, 1.54) is 36.4 Å². The number of nitrogens with zero attached hydrogens (tertiary/aromatic N) is 3. The maximum atomic E-state index is 14.8. The highest BCUT2D eigenvalue weighted by atomic mass is 19.2. The summed E-state index contributed by atoms with van der Waals surface area (Å²) in [6, 6.07) is 51.0. The number of halogens is 6. The Hall–Kier alpha value is -8.37. The first-order chi connectivity index (χ1) is 32.2. The Kier molecular flexibility index (Phi) is 12.2. The third-order valence-corrected chi connectivity index (χ3v) is 11.5. The topological polar surface area (TPSA) is 38.7 Å². The molecule has 0 amide bonds. The van der Waals surface area contributed by atoms with Crippen LogP contribution in [0.25, 0.3) is 101 Å². The number of rotatable bonds is 9. The minimum absolute atomic E-state index is 0. The van der Waals surface area contributed by atoms with Gasteiger partial charge in [0.25, 0.3) is 0 Å². The van der Waals surface area contributed by atoms with Crippen molar-refractivity contribution < 1.29 is 26.3 Å². The van der Waals surface area contributed by atoms with Crippen molar-refractivity contribution in [3.05, 3.63) is 235 Å². The van der Waals surface area contributed by atoms with Gasteiger partial charge in [-0.3, -0.25) is 15.0 Å². The maximum Gasteiger partial charge on any atom is 0.135 e. The maximum absolute atomic E-state index is 14.8. The fraction of sp³-hybridized carbons (Fsp3) is 0. The van der Waals surface area contributed by atoms with Crippen LogP contribution >= 0.6 is 0 Å². The summed E-state index contributed by atoms with van der Waals surface area (Å²) in [4.78, 5) is 13.8. The lowest BCUT2D eigenvalue weighted by Crippen LogP contribution is -1.94. The lowest BCUT2D eigenvalue weighted by Gasteiger charge is -2.18. The summed E-state index contributed by atoms with van der Waals surface area (Å²) < 4.78 is 85.5. The monoisotopic (exact) mass is 884 g/mol. The highest BCUT2D eigenvalue weighted by Crippen LogP contribution is 2.42. The molecular formula is C57H33BF6N3. The van der Waals surface area contributed by atoms with E-state index >= 15 is 0 Å². The average molecular weight is 885 g/mol. The summed E-state index contributed by atoms with van der Waals surface area (Å²) >= 11 is 0. The van der Waals surface area contributed by atoms with E-state index in [4.69, 9.17) is 0 Å². The van der Waals surface area contributed by atoms with Crippen molar-refractivity contribution in [1.29, 1.82) is 0 Å². The first kappa shape index (κ1) is 43.9. The number of benzene rings is 7. The molecule has 0 spiro atoms. The molecule has 0 aliphatic carbocycles. The van der Waals surface area contributed by atoms with Gasteiger partial charge in [0.05, 0.1) is 17.1 Å². The molecule has 0 atom stereocenters. The Morgan fingerprint density at radius 1 is 0.239 bits per heavy atom. The second-order valence-corrected chi connectivity index (χ2v) is 15.6. The molecule has 67 heavy (non-hydrogen) atoms. The fourth-order valence-electron chi connectivity index (χ4n) is 8.28. The zero-order valence-corrected chi connectivity index (χ0v) is 35.2. The molecule has 0 saturated heterocycles. The van der Waals surface area contributed by atoms with Crippen LogP contribution < -0.4 is 0 Å². The summed E-state index contributed by atoms with van der Waals surface area (Å²) in [5.41, 5.74) is 11.8. The molecule has 0 saturated carbocycles. The molecule has 7 aromatic carbocycles. The van der Waals surface area contributed by atoms with E-state index in [2.05, 4.69) is 33.2 Å². The second kappa shape index (κ2) is 18.6. The first-order valence-corrected chi connectivity index (χ1v) is 20.9. The van der Waals surface area contributed by atoms with Crippen molar-refractivity contribution in [1.82, 2.24) is 15.0 Å². The van der Waals surface area contributed by atoms with Crippen LogP contribution in [0.4, 0.5) is 26.3 Å². The van der Waals surface area contributed by atoms with Crippen LogP contribution in [0.2, 0.25) is 0 Å². The molecular weight excluding hydrogens is 851 g/mol. The molecule has 0 bridgehead atoms. The van der Waals surface area contributed by atoms with Crippen LogP contribution in [0.15, 0.2) is 201 Å². The predicted octanol–water partition coefficient (Wildman–Crippen LogP) is 15.3. The zero-order chi connectivity index (χ0) is 45.3. The number of pyridine rings is 3. The lowest BCUT2D eigenvalue weighted by molar-refractivity contribution is 0.584. The van der Waals surface area contributed by atoms with Crippen LogP contribution in [0.5, 0.6) is 0 Å². The molecule has 3 radical (unpaired) electrons. The standard InChI is InChI=1S/C57H33F6N3.B/c58-40-16-19-49(52(61)28-40)55-22-13-34(31-64-55)43-7-1-4-10-46(43)37-25-38(47-11-5-2-8-44(47)35-14-23-56(65-32-35)50-20-17-41(59)29-53(50)62)27-39(26-37)48-12-6-3-9-45(48)36-15-24-57(66-33-36)51-21-18-42(60)30-54(51)63;/h1-33H;. The van der Waals surface area contributed by atoms with Gasteiger partial charge in [0.2, 0.25) is 0 Å². The average Bonchev–Trinajstić information content (AvgIpc) is 3.34. The summed E-state index contributed by atoms with van der Waals surface area (Å²) in [7, 11) is 0. The van der Waals surface area contributed by atoms with Gasteiger partial charge < -0.3 is 0 Å². The molecule has 0 aliphatic rings. The molecule has 0 fully saturated rings. The predicted molar refractivity (Wildman–Crippen MR) is 254 cm³/mol. The van der Waals surface area contributed by atoms with E-state index in [-0.39, 0.29) is 25.1 Å². The summed E-state index contributed by atoms with van der Waals surface area (Å²) in [6.07, 6.45) is 5.03. The molecule has 10 rings (SSSR count). The molecule has 3 aromatic heterocycles. The van der Waals surface area contributed by atoms with Crippen molar-refractivity contribution >= 4 is 8.41 Å². The Morgan fingerprint density at radius 2 is 0.493 bits per heavy atom. The van der Waals surface area contributed by atoms with Crippen molar-refractivity contribution in [3.8, 4) is 101 Å². The van der Waals surface area contributed by atoms with Crippen LogP contribution in [-0.2, 0) is 0 Å². The van der Waals surface area contributed by atoms with E-state index in [1.54, 1.807) is 36.8 Å². The third-order valence-electron chi connectivity index (χ3n) is 11.5. The van der Waals surface area contributed by atoms with Crippen molar-refractivity contribution in [2.24, 2.45) is 0 Å². The van der Waals surface area contributed by atoms with Gasteiger partial charge in [-0.1, -0.05) is 91.0 Å². The van der Waals surface area contributed by atoms with Crippen LogP contribution in [0, 0.1) is 34.9 Å². The quantitative estimate of drug-likeness (QED) is 0.107. The summed E-state index contributed by atoms with van der Waals surface area (Å²) in [5, 5.41) is 0. The zero-order valence-electron chi connectivity index (χ0n) is 35.2. The van der Waals surface area contributed by atoms with Crippen molar-refractivity contribution in [3.63, 3.8) is 0 Å². The Morgan fingerprint density at radius 3 is 0.716 bits per heavy atom. The molecule has 321 valence electrons. The van der Waals surface area contributed by atoms with Gasteiger partial charge in [0.15, 0.2) is 0 Å². The van der Waals surface area contributed by atoms with Gasteiger partial charge in [-0.05, 0) is 123 Å². The smallest absolute Gasteiger partial charge is 0.135 e. The molecule has 3 nitrogen and oxygen atoms in total. The Bertz CT molecular complexity index is 3060. The van der Waals surface area contributed by atoms with Crippen LogP contribution in [-0.4, -0.2) is 23.4 Å². The van der Waals surface area contributed by atoms with Gasteiger partial charge in [0.1, 0.15) is 34.9 Å². The number of hydrogen-bond acceptors (Lipinski definition) is 3. The Balaban J connectivity index is 0.00000562. The Labute approximate surface area is 384 Å². The SMILES string of the molecule is Fc1ccc(-c2ccc(-c3ccccc3-c3cc(-c4ccccc4-c4ccc(-c5ccc(F)cc5F)nc4)cc(-c4ccccc4-c4ccc(-c5ccc(F)cc5F)nc4)c3)cn2)c(F)c1.[B]. The van der Waals surface area contributed by atoms with E-state index in [0.29, 0.717) is 17.1 Å². The van der Waals surface area contributed by atoms with Gasteiger partial charge in [-0.2, -0.15) is 0 Å². The van der Waals surface area contributed by atoms with Gasteiger partial charge in [-0.25, -0.2) is 26.3 Å². The molecule has 10 heteroatoms. The van der Waals surface area contributed by atoms with Crippen molar-refractivity contribution in [2.45, 2.75) is 0 Å². The highest BCUT2D eigenvalue weighted by molar-refractivity contribution is 5.94. The molecule has 3 heterocycles. The van der Waals surface area contributed by atoms with E-state index < -0.39 is 34.9 Å². The van der Waals surface area contributed by atoms with E-state index in [0.717, 1.165) is 85.0 Å². The molecule has 0 aliphatic heterocycles. The van der Waals surface area contributed by atoms with Crippen LogP contribution in [0.1, 0.15) is 0 Å². The third kappa shape index (κ3) is 8.89. The fourth-order valence-corrected chi connectivity index (χ4v) is 8.28. The first-order valence-electron chi connectivity index (χ1n) is 20.9. The minimum Gasteiger partial charge on any atom is -0.256 e. The lowest BCUT2D eigenvalue weighted by atomic mass is 9.86. The van der Waals surface area contributed by atoms with E-state index in [1.807, 2.05) is 91.0 Å². The molecule has 0 N–H and O–H groups in total. The largest absolute Gasteiger partial charge is 0.256 e. The van der Waals surface area contributed by atoms with Gasteiger partial charge in [0, 0.05) is 78.6 Å². The number of aromatic nitrogens is 3. The van der Waals surface area contributed by atoms with Crippen LogP contribution in [0.3, 0.4) is 0 Å². The highest BCUT2D eigenvalue weighted by Gasteiger charge is 2.18. The summed E-state index contributed by atoms with van der Waals surface area (Å²) in [5.74, 6) is -4.13.